The molecule has 4 nitrogen and oxygen atoms in total. The second-order valence-corrected chi connectivity index (χ2v) is 3.53. The highest BCUT2D eigenvalue weighted by Crippen LogP contribution is 2.21. The Morgan fingerprint density at radius 2 is 2.24 bits per heavy atom. The van der Waals surface area contributed by atoms with Crippen LogP contribution in [0.15, 0.2) is 18.2 Å². The number of aliphatic hydroxyl groups excluding tert-OH is 1. The van der Waals surface area contributed by atoms with E-state index in [1.165, 1.54) is 26.2 Å². The summed E-state index contributed by atoms with van der Waals surface area (Å²) in [4.78, 5) is 10.8. The molecule has 1 rings (SSSR count). The van der Waals surface area contributed by atoms with Gasteiger partial charge in [0.1, 0.15) is 11.6 Å². The van der Waals surface area contributed by atoms with Crippen LogP contribution in [0.5, 0.6) is 5.75 Å². The van der Waals surface area contributed by atoms with Crippen molar-refractivity contribution in [2.24, 2.45) is 0 Å². The maximum absolute atomic E-state index is 13.4. The Labute approximate surface area is 99.0 Å². The quantitative estimate of drug-likeness (QED) is 0.800. The molecule has 0 amide bonds. The van der Waals surface area contributed by atoms with Gasteiger partial charge in [-0.05, 0) is 19.1 Å². The van der Waals surface area contributed by atoms with Gasteiger partial charge in [-0.3, -0.25) is 4.79 Å². The average Bonchev–Trinajstić information content (AvgIpc) is 2.28. The molecule has 1 aromatic carbocycles. The average molecular weight is 242 g/mol. The van der Waals surface area contributed by atoms with E-state index in [-0.39, 0.29) is 24.6 Å². The van der Waals surface area contributed by atoms with Gasteiger partial charge in [-0.15, -0.1) is 0 Å². The third kappa shape index (κ3) is 4.03. The van der Waals surface area contributed by atoms with Crippen LogP contribution < -0.4 is 4.74 Å². The van der Waals surface area contributed by atoms with Crippen LogP contribution in [-0.2, 0) is 9.53 Å². The molecule has 0 radical (unpaired) electrons. The monoisotopic (exact) mass is 242 g/mol. The number of hydrogen-bond acceptors (Lipinski definition) is 4. The maximum Gasteiger partial charge on any atom is 0.308 e. The molecular weight excluding hydrogens is 227 g/mol. The summed E-state index contributed by atoms with van der Waals surface area (Å²) in [6, 6.07) is 4.18. The summed E-state index contributed by atoms with van der Waals surface area (Å²) in [7, 11) is 1.29. The van der Waals surface area contributed by atoms with Crippen molar-refractivity contribution in [1.82, 2.24) is 0 Å². The predicted molar refractivity (Wildman–Crippen MR) is 59.2 cm³/mol. The Morgan fingerprint density at radius 3 is 2.76 bits per heavy atom. The normalized spacial score (nSPS) is 12.0. The third-order valence-electron chi connectivity index (χ3n) is 2.22. The van der Waals surface area contributed by atoms with Gasteiger partial charge in [0.05, 0.1) is 26.2 Å². The first-order valence-corrected chi connectivity index (χ1v) is 5.21. The third-order valence-corrected chi connectivity index (χ3v) is 2.22. The molecule has 17 heavy (non-hydrogen) atoms. The van der Waals surface area contributed by atoms with Gasteiger partial charge >= 0.3 is 5.97 Å². The summed E-state index contributed by atoms with van der Waals surface area (Å²) in [5, 5.41) is 9.23. The van der Waals surface area contributed by atoms with Crippen molar-refractivity contribution in [1.29, 1.82) is 0 Å². The zero-order valence-corrected chi connectivity index (χ0v) is 9.77. The number of halogens is 1. The molecule has 0 saturated heterocycles. The van der Waals surface area contributed by atoms with Crippen molar-refractivity contribution >= 4 is 5.97 Å². The summed E-state index contributed by atoms with van der Waals surface area (Å²) < 4.78 is 23.0. The lowest BCUT2D eigenvalue weighted by Gasteiger charge is -2.09. The fourth-order valence-electron chi connectivity index (χ4n) is 1.29. The fraction of sp³-hybridized carbons (Fsp3) is 0.417. The second-order valence-electron chi connectivity index (χ2n) is 3.53. The zero-order valence-electron chi connectivity index (χ0n) is 9.77. The molecule has 0 unspecified atom stereocenters. The highest BCUT2D eigenvalue weighted by Gasteiger charge is 2.09. The molecule has 0 bridgehead atoms. The second kappa shape index (κ2) is 6.20. The molecular formula is C12H15FO4. The van der Waals surface area contributed by atoms with E-state index in [1.807, 2.05) is 0 Å². The first-order valence-electron chi connectivity index (χ1n) is 5.21. The predicted octanol–water partition coefficient (Wildman–Crippen LogP) is 1.82. The topological polar surface area (TPSA) is 55.8 Å². The van der Waals surface area contributed by atoms with E-state index in [0.717, 1.165) is 0 Å². The fourth-order valence-corrected chi connectivity index (χ4v) is 1.29. The molecule has 0 heterocycles. The molecule has 0 aliphatic rings. The first-order chi connectivity index (χ1) is 8.04. The number of carbonyl (C=O) groups excluding carboxylic acids is 1. The Balaban J connectivity index is 2.56. The molecule has 0 fully saturated rings. The summed E-state index contributed by atoms with van der Waals surface area (Å²) in [5.74, 6) is -0.600. The van der Waals surface area contributed by atoms with Crippen molar-refractivity contribution < 1.29 is 23.8 Å². The number of rotatable bonds is 5. The lowest BCUT2D eigenvalue weighted by atomic mass is 10.1. The van der Waals surface area contributed by atoms with Gasteiger partial charge in [-0.2, -0.15) is 0 Å². The van der Waals surface area contributed by atoms with Crippen molar-refractivity contribution in [3.8, 4) is 5.75 Å². The van der Waals surface area contributed by atoms with E-state index in [2.05, 4.69) is 4.74 Å². The lowest BCUT2D eigenvalue weighted by molar-refractivity contribution is -0.141. The van der Waals surface area contributed by atoms with E-state index < -0.39 is 11.9 Å². The van der Waals surface area contributed by atoms with Gasteiger partial charge in [0.25, 0.3) is 0 Å². The number of ether oxygens (including phenoxy) is 2. The van der Waals surface area contributed by atoms with Crippen molar-refractivity contribution in [2.75, 3.05) is 13.7 Å². The summed E-state index contributed by atoms with van der Waals surface area (Å²) >= 11 is 0. The number of benzene rings is 1. The zero-order chi connectivity index (χ0) is 12.8. The minimum Gasteiger partial charge on any atom is -0.493 e. The van der Waals surface area contributed by atoms with E-state index >= 15 is 0 Å². The summed E-state index contributed by atoms with van der Waals surface area (Å²) in [6.45, 7) is 1.61. The number of esters is 1. The Kier molecular flexibility index (Phi) is 4.90. The van der Waals surface area contributed by atoms with Gasteiger partial charge in [0, 0.05) is 11.6 Å². The van der Waals surface area contributed by atoms with Gasteiger partial charge in [-0.25, -0.2) is 4.39 Å². The van der Waals surface area contributed by atoms with Crippen LogP contribution in [0.1, 0.15) is 25.0 Å². The molecule has 0 saturated carbocycles. The smallest absolute Gasteiger partial charge is 0.308 e. The van der Waals surface area contributed by atoms with Gasteiger partial charge in [0.15, 0.2) is 0 Å². The van der Waals surface area contributed by atoms with Crippen LogP contribution in [0.3, 0.4) is 0 Å². The highest BCUT2D eigenvalue weighted by atomic mass is 19.1. The molecule has 94 valence electrons. The van der Waals surface area contributed by atoms with Crippen molar-refractivity contribution in [3.63, 3.8) is 0 Å². The van der Waals surface area contributed by atoms with E-state index in [1.54, 1.807) is 6.07 Å². The van der Waals surface area contributed by atoms with Crippen LogP contribution in [0, 0.1) is 5.82 Å². The standard InChI is InChI=1S/C12H15FO4/c1-8(14)10-4-3-9(7-11(10)13)17-6-5-12(15)16-2/h3-4,7-8,14H,5-6H2,1-2H3/t8-/m1/s1. The SMILES string of the molecule is COC(=O)CCOc1ccc([C@@H](C)O)c(F)c1. The van der Waals surface area contributed by atoms with Gasteiger partial charge in [-0.1, -0.05) is 0 Å². The lowest BCUT2D eigenvalue weighted by Crippen LogP contribution is -2.07. The van der Waals surface area contributed by atoms with Gasteiger partial charge < -0.3 is 14.6 Å². The molecule has 0 aliphatic heterocycles. The number of aliphatic hydroxyl groups is 1. The molecule has 0 spiro atoms. The number of carbonyl (C=O) groups is 1. The summed E-state index contributed by atoms with van der Waals surface area (Å²) in [5.41, 5.74) is 0.213. The highest BCUT2D eigenvalue weighted by molar-refractivity contribution is 5.69. The van der Waals surface area contributed by atoms with Crippen molar-refractivity contribution in [2.45, 2.75) is 19.4 Å². The molecule has 1 aromatic rings. The van der Waals surface area contributed by atoms with Gasteiger partial charge in [0.2, 0.25) is 0 Å². The van der Waals surface area contributed by atoms with Crippen LogP contribution in [0.4, 0.5) is 4.39 Å². The Bertz CT molecular complexity index is 390. The minimum atomic E-state index is -0.862. The van der Waals surface area contributed by atoms with Crippen LogP contribution in [0.2, 0.25) is 0 Å². The van der Waals surface area contributed by atoms with Crippen LogP contribution >= 0.6 is 0 Å². The number of methoxy groups -OCH3 is 1. The largest absolute Gasteiger partial charge is 0.493 e. The number of hydrogen-bond donors (Lipinski definition) is 1. The molecule has 5 heteroatoms. The molecule has 1 N–H and O–H groups in total. The first kappa shape index (κ1) is 13.4. The molecule has 1 atom stereocenters. The van der Waals surface area contributed by atoms with E-state index in [0.29, 0.717) is 5.75 Å². The van der Waals surface area contributed by atoms with Crippen LogP contribution in [0.25, 0.3) is 0 Å². The summed E-state index contributed by atoms with van der Waals surface area (Å²) in [6.07, 6.45) is -0.755. The van der Waals surface area contributed by atoms with Crippen LogP contribution in [-0.4, -0.2) is 24.8 Å². The van der Waals surface area contributed by atoms with E-state index in [4.69, 9.17) is 4.74 Å². The maximum atomic E-state index is 13.4. The van der Waals surface area contributed by atoms with Crippen molar-refractivity contribution in [3.05, 3.63) is 29.6 Å². The Morgan fingerprint density at radius 1 is 1.53 bits per heavy atom. The molecule has 0 aromatic heterocycles. The molecule has 0 aliphatic carbocycles. The minimum absolute atomic E-state index is 0.107. The van der Waals surface area contributed by atoms with E-state index in [9.17, 15) is 14.3 Å². The Hall–Kier alpha value is -1.62.